The van der Waals surface area contributed by atoms with Crippen molar-refractivity contribution in [3.8, 4) is 11.6 Å². The summed E-state index contributed by atoms with van der Waals surface area (Å²) < 4.78 is 7.61. The van der Waals surface area contributed by atoms with E-state index in [-0.39, 0.29) is 5.84 Å². The second-order valence-corrected chi connectivity index (χ2v) is 5.11. The molecule has 20 heavy (non-hydrogen) atoms. The molecular weight excluding hydrogens is 252 g/mol. The molecule has 0 bridgehead atoms. The van der Waals surface area contributed by atoms with E-state index in [1.807, 2.05) is 26.8 Å². The van der Waals surface area contributed by atoms with Gasteiger partial charge in [0.15, 0.2) is 0 Å². The lowest BCUT2D eigenvalue weighted by atomic mass is 10.1. The van der Waals surface area contributed by atoms with Crippen LogP contribution in [0.2, 0.25) is 0 Å². The molecule has 5 nitrogen and oxygen atoms in total. The summed E-state index contributed by atoms with van der Waals surface area (Å²) in [7, 11) is 1.78. The normalized spacial score (nSPS) is 10.7. The summed E-state index contributed by atoms with van der Waals surface area (Å²) in [5.41, 5.74) is 10.2. The van der Waals surface area contributed by atoms with E-state index in [4.69, 9.17) is 15.9 Å². The van der Waals surface area contributed by atoms with Gasteiger partial charge in [0.25, 0.3) is 0 Å². The number of nitrogens with zero attached hydrogens (tertiary/aromatic N) is 2. The molecule has 5 heteroatoms. The van der Waals surface area contributed by atoms with Crippen LogP contribution in [-0.4, -0.2) is 15.6 Å². The molecule has 0 spiro atoms. The van der Waals surface area contributed by atoms with Crippen molar-refractivity contribution in [1.82, 2.24) is 9.78 Å². The number of hydrogen-bond donors (Lipinski definition) is 2. The lowest BCUT2D eigenvalue weighted by Crippen LogP contribution is -2.13. The number of nitrogen functional groups attached to an aromatic ring is 1. The van der Waals surface area contributed by atoms with Crippen molar-refractivity contribution in [2.75, 3.05) is 0 Å². The zero-order valence-electron chi connectivity index (χ0n) is 12.5. The Labute approximate surface area is 118 Å². The molecule has 0 aliphatic carbocycles. The van der Waals surface area contributed by atoms with Crippen molar-refractivity contribution in [3.63, 3.8) is 0 Å². The van der Waals surface area contributed by atoms with E-state index in [1.165, 1.54) is 5.56 Å². The predicted molar refractivity (Wildman–Crippen MR) is 79.7 cm³/mol. The molecule has 106 valence electrons. The monoisotopic (exact) mass is 272 g/mol. The minimum Gasteiger partial charge on any atom is -0.438 e. The first-order valence-electron chi connectivity index (χ1n) is 6.45. The van der Waals surface area contributed by atoms with Crippen LogP contribution in [0.1, 0.15) is 27.9 Å². The van der Waals surface area contributed by atoms with Gasteiger partial charge in [0.05, 0.1) is 5.69 Å². The summed E-state index contributed by atoms with van der Waals surface area (Å²) >= 11 is 0. The Morgan fingerprint density at radius 2 is 1.90 bits per heavy atom. The van der Waals surface area contributed by atoms with Gasteiger partial charge in [-0.05, 0) is 50.5 Å². The number of benzene rings is 1. The van der Waals surface area contributed by atoms with Gasteiger partial charge in [-0.25, -0.2) is 4.68 Å². The number of aromatic nitrogens is 2. The average molecular weight is 272 g/mol. The molecule has 1 aromatic carbocycles. The lowest BCUT2D eigenvalue weighted by molar-refractivity contribution is 0.426. The second kappa shape index (κ2) is 5.00. The highest BCUT2D eigenvalue weighted by Gasteiger charge is 2.19. The number of hydrogen-bond acceptors (Lipinski definition) is 3. The van der Waals surface area contributed by atoms with Gasteiger partial charge >= 0.3 is 0 Å². The SMILES string of the molecule is Cc1cc(C)c(C)c(Oc2c(C(=N)N)c(C)nn2C)c1. The third-order valence-corrected chi connectivity index (χ3v) is 3.41. The van der Waals surface area contributed by atoms with E-state index in [0.717, 1.165) is 16.9 Å². The van der Waals surface area contributed by atoms with Gasteiger partial charge in [0.2, 0.25) is 5.88 Å². The lowest BCUT2D eigenvalue weighted by Gasteiger charge is -2.13. The van der Waals surface area contributed by atoms with Crippen molar-refractivity contribution >= 4 is 5.84 Å². The number of rotatable bonds is 3. The zero-order chi connectivity index (χ0) is 15.0. The van der Waals surface area contributed by atoms with Crippen LogP contribution in [0.5, 0.6) is 11.6 Å². The fourth-order valence-electron chi connectivity index (χ4n) is 2.28. The van der Waals surface area contributed by atoms with Gasteiger partial charge < -0.3 is 10.5 Å². The second-order valence-electron chi connectivity index (χ2n) is 5.11. The minimum atomic E-state index is -0.0346. The van der Waals surface area contributed by atoms with Crippen LogP contribution in [0.25, 0.3) is 0 Å². The summed E-state index contributed by atoms with van der Waals surface area (Å²) in [6, 6.07) is 4.09. The van der Waals surface area contributed by atoms with Crippen LogP contribution in [0.3, 0.4) is 0 Å². The Bertz CT molecular complexity index is 686. The fourth-order valence-corrected chi connectivity index (χ4v) is 2.28. The van der Waals surface area contributed by atoms with E-state index >= 15 is 0 Å². The predicted octanol–water partition coefficient (Wildman–Crippen LogP) is 2.73. The van der Waals surface area contributed by atoms with Crippen molar-refractivity contribution in [2.24, 2.45) is 12.8 Å². The quantitative estimate of drug-likeness (QED) is 0.666. The summed E-state index contributed by atoms with van der Waals surface area (Å²) in [6.45, 7) is 7.91. The number of nitrogens with one attached hydrogen (secondary N) is 1. The number of amidine groups is 1. The van der Waals surface area contributed by atoms with Gasteiger partial charge in [-0.1, -0.05) is 6.07 Å². The first kappa shape index (κ1) is 14.1. The zero-order valence-corrected chi connectivity index (χ0v) is 12.5. The van der Waals surface area contributed by atoms with Crippen LogP contribution >= 0.6 is 0 Å². The van der Waals surface area contributed by atoms with Crippen LogP contribution in [-0.2, 0) is 7.05 Å². The minimum absolute atomic E-state index is 0.0346. The standard InChI is InChI=1S/C15H20N4O/c1-8-6-9(2)10(3)12(7-8)20-15-13(14(16)17)11(4)18-19(15)5/h6-7H,1-5H3,(H3,16,17). The van der Waals surface area contributed by atoms with Crippen molar-refractivity contribution in [2.45, 2.75) is 27.7 Å². The van der Waals surface area contributed by atoms with Gasteiger partial charge in [-0.3, -0.25) is 5.41 Å². The Kier molecular flexibility index (Phi) is 3.53. The van der Waals surface area contributed by atoms with Crippen LogP contribution in [0.15, 0.2) is 12.1 Å². The van der Waals surface area contributed by atoms with E-state index in [9.17, 15) is 0 Å². The Morgan fingerprint density at radius 3 is 2.50 bits per heavy atom. The first-order valence-corrected chi connectivity index (χ1v) is 6.45. The smallest absolute Gasteiger partial charge is 0.228 e. The van der Waals surface area contributed by atoms with Gasteiger partial charge in [-0.2, -0.15) is 5.10 Å². The molecule has 2 aromatic rings. The molecule has 0 unspecified atom stereocenters. The highest BCUT2D eigenvalue weighted by atomic mass is 16.5. The molecule has 1 aromatic heterocycles. The Balaban J connectivity index is 2.53. The van der Waals surface area contributed by atoms with Gasteiger partial charge in [-0.15, -0.1) is 0 Å². The molecule has 2 rings (SSSR count). The van der Waals surface area contributed by atoms with E-state index in [2.05, 4.69) is 18.1 Å². The summed E-state index contributed by atoms with van der Waals surface area (Å²) in [5, 5.41) is 12.0. The number of nitrogens with two attached hydrogens (primary N) is 1. The van der Waals surface area contributed by atoms with E-state index in [1.54, 1.807) is 11.7 Å². The molecule has 3 N–H and O–H groups in total. The molecule has 0 aliphatic rings. The maximum absolute atomic E-state index is 7.68. The molecule has 0 saturated carbocycles. The summed E-state index contributed by atoms with van der Waals surface area (Å²) in [5.74, 6) is 1.24. The molecule has 0 aliphatic heterocycles. The number of ether oxygens (including phenoxy) is 1. The highest BCUT2D eigenvalue weighted by molar-refractivity contribution is 5.98. The van der Waals surface area contributed by atoms with Crippen LogP contribution in [0, 0.1) is 33.1 Å². The van der Waals surface area contributed by atoms with Crippen LogP contribution < -0.4 is 10.5 Å². The van der Waals surface area contributed by atoms with Crippen molar-refractivity contribution in [1.29, 1.82) is 5.41 Å². The molecule has 0 atom stereocenters. The molecule has 1 heterocycles. The third-order valence-electron chi connectivity index (χ3n) is 3.41. The van der Waals surface area contributed by atoms with E-state index in [0.29, 0.717) is 17.1 Å². The van der Waals surface area contributed by atoms with Crippen molar-refractivity contribution < 1.29 is 4.74 Å². The highest BCUT2D eigenvalue weighted by Crippen LogP contribution is 2.31. The molecule has 0 amide bonds. The summed E-state index contributed by atoms with van der Waals surface area (Å²) in [4.78, 5) is 0. The molecule has 0 radical (unpaired) electrons. The first-order chi connectivity index (χ1) is 9.31. The molecule has 0 fully saturated rings. The van der Waals surface area contributed by atoms with Gasteiger partial charge in [0.1, 0.15) is 17.1 Å². The maximum atomic E-state index is 7.68. The largest absolute Gasteiger partial charge is 0.438 e. The third kappa shape index (κ3) is 2.39. The van der Waals surface area contributed by atoms with E-state index < -0.39 is 0 Å². The number of aryl methyl sites for hydroxylation is 4. The molecule has 0 saturated heterocycles. The van der Waals surface area contributed by atoms with Crippen LogP contribution in [0.4, 0.5) is 0 Å². The Hall–Kier alpha value is -2.30. The fraction of sp³-hybridized carbons (Fsp3) is 0.333. The summed E-state index contributed by atoms with van der Waals surface area (Å²) in [6.07, 6.45) is 0. The average Bonchev–Trinajstić information content (AvgIpc) is 2.60. The Morgan fingerprint density at radius 1 is 1.25 bits per heavy atom. The van der Waals surface area contributed by atoms with Crippen molar-refractivity contribution in [3.05, 3.63) is 40.1 Å². The maximum Gasteiger partial charge on any atom is 0.228 e. The van der Waals surface area contributed by atoms with Gasteiger partial charge in [0, 0.05) is 7.05 Å². The molecular formula is C15H20N4O. The topological polar surface area (TPSA) is 76.9 Å².